The molecule has 0 saturated carbocycles. The third-order valence-electron chi connectivity index (χ3n) is 6.58. The fourth-order valence-corrected chi connectivity index (χ4v) is 4.76. The van der Waals surface area contributed by atoms with Crippen molar-refractivity contribution in [3.8, 4) is 23.0 Å². The van der Waals surface area contributed by atoms with E-state index in [1.165, 1.54) is 12.1 Å². The molecular weight excluding hydrogens is 452 g/mol. The number of aromatic hydroxyl groups is 2. The average Bonchev–Trinajstić information content (AvgIpc) is 2.80. The number of halogens is 2. The zero-order valence-corrected chi connectivity index (χ0v) is 19.4. The van der Waals surface area contributed by atoms with Crippen LogP contribution in [0.3, 0.4) is 0 Å². The Kier molecular flexibility index (Phi) is 6.34. The van der Waals surface area contributed by atoms with Crippen LogP contribution >= 0.6 is 0 Å². The highest BCUT2D eigenvalue weighted by molar-refractivity contribution is 5.95. The molecule has 2 heterocycles. The number of alkyl halides is 1. The minimum absolute atomic E-state index is 0.103. The monoisotopic (exact) mass is 479 g/mol. The number of fused-ring (bicyclic) bond motifs is 1. The first-order valence-corrected chi connectivity index (χ1v) is 11.6. The molecular formula is C28H27F2NO4. The number of ether oxygens (including phenoxy) is 2. The van der Waals surface area contributed by atoms with Crippen molar-refractivity contribution in [2.45, 2.75) is 13.0 Å². The molecule has 0 amide bonds. The molecule has 5 rings (SSSR count). The maximum atomic E-state index is 14.2. The largest absolute Gasteiger partial charge is 0.508 e. The minimum atomic E-state index is -0.555. The lowest BCUT2D eigenvalue weighted by molar-refractivity contribution is 0.0668. The number of nitrogens with zero attached hydrogens (tertiary/aromatic N) is 1. The standard InChI is InChI=1S/C28H27F2NO4/c1-17-25-13-22(32)4-7-26(25)35-28(27(17)20-10-21(30)12-23(33)11-20)19-2-5-24(6-3-19)34-9-8-31-15-18(14-29)16-31/h2-7,10-13,18,28,32-33H,8-9,14-16H2,1H3. The Morgan fingerprint density at radius 3 is 2.49 bits per heavy atom. The van der Waals surface area contributed by atoms with Crippen LogP contribution in [0.1, 0.15) is 29.7 Å². The van der Waals surface area contributed by atoms with Crippen LogP contribution in [0.15, 0.2) is 60.7 Å². The maximum absolute atomic E-state index is 14.2. The highest BCUT2D eigenvalue weighted by atomic mass is 19.1. The molecule has 3 aromatic rings. The second kappa shape index (κ2) is 9.58. The van der Waals surface area contributed by atoms with Gasteiger partial charge in [0.25, 0.3) is 0 Å². The van der Waals surface area contributed by atoms with Crippen LogP contribution in [-0.4, -0.2) is 48.0 Å². The van der Waals surface area contributed by atoms with Gasteiger partial charge in [-0.3, -0.25) is 9.29 Å². The fourth-order valence-electron chi connectivity index (χ4n) is 4.76. The molecule has 0 bridgehead atoms. The normalized spacial score (nSPS) is 18.1. The van der Waals surface area contributed by atoms with E-state index in [2.05, 4.69) is 4.90 Å². The Hall–Kier alpha value is -3.58. The molecule has 1 unspecified atom stereocenters. The quantitative estimate of drug-likeness (QED) is 0.463. The summed E-state index contributed by atoms with van der Waals surface area (Å²) in [5, 5.41) is 20.0. The van der Waals surface area contributed by atoms with Crippen LogP contribution in [0.4, 0.5) is 8.78 Å². The molecule has 0 spiro atoms. The lowest BCUT2D eigenvalue weighted by Gasteiger charge is -2.37. The van der Waals surface area contributed by atoms with Crippen LogP contribution in [0.2, 0.25) is 0 Å². The summed E-state index contributed by atoms with van der Waals surface area (Å²) < 4.78 is 39.0. The number of phenolic OH excluding ortho intramolecular Hbond substituents is 2. The summed E-state index contributed by atoms with van der Waals surface area (Å²) in [7, 11) is 0. The summed E-state index contributed by atoms with van der Waals surface area (Å²) in [5.41, 5.74) is 3.56. The maximum Gasteiger partial charge on any atom is 0.150 e. The Morgan fingerprint density at radius 2 is 1.77 bits per heavy atom. The lowest BCUT2D eigenvalue weighted by atomic mass is 9.86. The van der Waals surface area contributed by atoms with Gasteiger partial charge in [-0.05, 0) is 66.1 Å². The summed E-state index contributed by atoms with van der Waals surface area (Å²) >= 11 is 0. The molecule has 0 radical (unpaired) electrons. The van der Waals surface area contributed by atoms with Crippen LogP contribution in [0.5, 0.6) is 23.0 Å². The van der Waals surface area contributed by atoms with Crippen molar-refractivity contribution in [2.75, 3.05) is 32.9 Å². The van der Waals surface area contributed by atoms with Gasteiger partial charge in [-0.1, -0.05) is 12.1 Å². The molecule has 35 heavy (non-hydrogen) atoms. The van der Waals surface area contributed by atoms with Gasteiger partial charge in [-0.25, -0.2) is 4.39 Å². The Labute approximate surface area is 202 Å². The summed E-state index contributed by atoms with van der Waals surface area (Å²) in [4.78, 5) is 2.16. The molecule has 1 saturated heterocycles. The summed E-state index contributed by atoms with van der Waals surface area (Å²) in [6, 6.07) is 16.3. The molecule has 2 aliphatic rings. The van der Waals surface area contributed by atoms with Crippen molar-refractivity contribution in [3.05, 3.63) is 83.2 Å². The van der Waals surface area contributed by atoms with Crippen LogP contribution in [-0.2, 0) is 0 Å². The van der Waals surface area contributed by atoms with Crippen LogP contribution < -0.4 is 9.47 Å². The van der Waals surface area contributed by atoms with E-state index in [0.717, 1.165) is 36.8 Å². The van der Waals surface area contributed by atoms with Gasteiger partial charge in [0, 0.05) is 42.8 Å². The van der Waals surface area contributed by atoms with E-state index < -0.39 is 11.9 Å². The van der Waals surface area contributed by atoms with E-state index in [1.54, 1.807) is 18.2 Å². The van der Waals surface area contributed by atoms with Gasteiger partial charge < -0.3 is 19.7 Å². The third kappa shape index (κ3) is 4.82. The molecule has 3 aromatic carbocycles. The molecule has 7 heteroatoms. The molecule has 5 nitrogen and oxygen atoms in total. The number of allylic oxidation sites excluding steroid dienone is 1. The Morgan fingerprint density at radius 1 is 1.00 bits per heavy atom. The first kappa shape index (κ1) is 23.2. The van der Waals surface area contributed by atoms with E-state index in [-0.39, 0.29) is 24.1 Å². The highest BCUT2D eigenvalue weighted by Gasteiger charge is 2.30. The number of hydrogen-bond donors (Lipinski definition) is 2. The minimum Gasteiger partial charge on any atom is -0.508 e. The second-order valence-electron chi connectivity index (χ2n) is 9.11. The second-order valence-corrected chi connectivity index (χ2v) is 9.11. The van der Waals surface area contributed by atoms with Gasteiger partial charge >= 0.3 is 0 Å². The molecule has 182 valence electrons. The van der Waals surface area contributed by atoms with E-state index in [4.69, 9.17) is 9.47 Å². The smallest absolute Gasteiger partial charge is 0.150 e. The predicted molar refractivity (Wildman–Crippen MR) is 130 cm³/mol. The van der Waals surface area contributed by atoms with Crippen LogP contribution in [0, 0.1) is 11.7 Å². The summed E-state index contributed by atoms with van der Waals surface area (Å²) in [6.45, 7) is 4.46. The lowest BCUT2D eigenvalue weighted by Crippen LogP contribution is -2.49. The van der Waals surface area contributed by atoms with Crippen molar-refractivity contribution in [3.63, 3.8) is 0 Å². The Bertz CT molecular complexity index is 1230. The predicted octanol–water partition coefficient (Wildman–Crippen LogP) is 5.58. The number of hydrogen-bond acceptors (Lipinski definition) is 5. The van der Waals surface area contributed by atoms with Crippen molar-refractivity contribution < 1.29 is 28.5 Å². The first-order chi connectivity index (χ1) is 16.9. The van der Waals surface area contributed by atoms with E-state index in [9.17, 15) is 19.0 Å². The molecule has 1 fully saturated rings. The van der Waals surface area contributed by atoms with Gasteiger partial charge in [0.15, 0.2) is 0 Å². The van der Waals surface area contributed by atoms with Crippen molar-refractivity contribution in [1.29, 1.82) is 0 Å². The molecule has 2 aliphatic heterocycles. The Balaban J connectivity index is 1.40. The summed E-state index contributed by atoms with van der Waals surface area (Å²) in [6.07, 6.45) is -0.555. The molecule has 0 aromatic heterocycles. The van der Waals surface area contributed by atoms with Crippen LogP contribution in [0.25, 0.3) is 11.1 Å². The van der Waals surface area contributed by atoms with Gasteiger partial charge in [-0.2, -0.15) is 0 Å². The number of phenols is 2. The SMILES string of the molecule is CC1=C(c2cc(O)cc(F)c2)C(c2ccc(OCCN3CC(CF)C3)cc2)Oc2ccc(O)cc21. The van der Waals surface area contributed by atoms with Crippen molar-refractivity contribution in [2.24, 2.45) is 5.92 Å². The topological polar surface area (TPSA) is 62.2 Å². The summed E-state index contributed by atoms with van der Waals surface area (Å²) in [5.74, 6) is 0.851. The molecule has 1 atom stereocenters. The number of rotatable bonds is 7. The first-order valence-electron chi connectivity index (χ1n) is 11.6. The highest BCUT2D eigenvalue weighted by Crippen LogP contribution is 2.47. The third-order valence-corrected chi connectivity index (χ3v) is 6.58. The number of benzene rings is 3. The van der Waals surface area contributed by atoms with Crippen molar-refractivity contribution >= 4 is 11.1 Å². The van der Waals surface area contributed by atoms with E-state index >= 15 is 0 Å². The fraction of sp³-hybridized carbons (Fsp3) is 0.286. The van der Waals surface area contributed by atoms with E-state index in [1.807, 2.05) is 31.2 Å². The average molecular weight is 480 g/mol. The van der Waals surface area contributed by atoms with Gasteiger partial charge in [0.2, 0.25) is 0 Å². The van der Waals surface area contributed by atoms with Gasteiger partial charge in [0.1, 0.15) is 41.5 Å². The van der Waals surface area contributed by atoms with Gasteiger partial charge in [-0.15, -0.1) is 0 Å². The van der Waals surface area contributed by atoms with E-state index in [0.29, 0.717) is 34.8 Å². The van der Waals surface area contributed by atoms with Gasteiger partial charge in [0.05, 0.1) is 6.67 Å². The number of likely N-dealkylation sites (tertiary alicyclic amines) is 1. The zero-order chi connectivity index (χ0) is 24.5. The zero-order valence-electron chi connectivity index (χ0n) is 19.4. The van der Waals surface area contributed by atoms with Crippen molar-refractivity contribution in [1.82, 2.24) is 4.90 Å². The molecule has 0 aliphatic carbocycles. The molecule has 2 N–H and O–H groups in total.